The normalized spacial score (nSPS) is 12.0. The maximum Gasteiger partial charge on any atom is 0.270 e. The van der Waals surface area contributed by atoms with E-state index in [1.165, 1.54) is 11.3 Å². The Morgan fingerprint density at radius 3 is 2.60 bits per heavy atom. The van der Waals surface area contributed by atoms with Gasteiger partial charge in [-0.3, -0.25) is 9.36 Å². The van der Waals surface area contributed by atoms with Crippen LogP contribution in [0.1, 0.15) is 60.5 Å². The average Bonchev–Trinajstić information content (AvgIpc) is 3.62. The number of ether oxygens (including phenoxy) is 1. The highest BCUT2D eigenvalue weighted by Crippen LogP contribution is 2.31. The Kier molecular flexibility index (Phi) is 11.1. The molecule has 1 N–H and O–H groups in total. The van der Waals surface area contributed by atoms with Crippen LogP contribution in [0.25, 0.3) is 5.69 Å². The minimum atomic E-state index is -0.120. The van der Waals surface area contributed by atoms with Gasteiger partial charge in [0.25, 0.3) is 5.91 Å². The zero-order valence-corrected chi connectivity index (χ0v) is 25.3. The largest absolute Gasteiger partial charge is 0.495 e. The van der Waals surface area contributed by atoms with E-state index in [0.717, 1.165) is 65.5 Å². The summed E-state index contributed by atoms with van der Waals surface area (Å²) in [4.78, 5) is 19.8. The number of amides is 1. The number of methoxy groups -OCH3 is 1. The fraction of sp³-hybridized carbons (Fsp3) is 0.400. The minimum Gasteiger partial charge on any atom is -0.495 e. The number of thiazole rings is 1. The van der Waals surface area contributed by atoms with E-state index in [9.17, 15) is 4.79 Å². The van der Waals surface area contributed by atoms with Crippen molar-refractivity contribution in [3.63, 3.8) is 0 Å². The highest BCUT2D eigenvalue weighted by atomic mass is 32.2. The van der Waals surface area contributed by atoms with Crippen LogP contribution in [-0.2, 0) is 12.2 Å². The Morgan fingerprint density at radius 1 is 1.10 bits per heavy atom. The van der Waals surface area contributed by atoms with Gasteiger partial charge in [0.2, 0.25) is 0 Å². The topological polar surface area (TPSA) is 85.2 Å². The number of rotatable bonds is 15. The average molecular weight is 579 g/mol. The van der Waals surface area contributed by atoms with E-state index in [1.54, 1.807) is 18.9 Å². The zero-order valence-electron chi connectivity index (χ0n) is 23.7. The molecule has 212 valence electrons. The van der Waals surface area contributed by atoms with Crippen molar-refractivity contribution in [3.8, 4) is 11.4 Å². The molecule has 0 saturated carbocycles. The second-order valence-electron chi connectivity index (χ2n) is 9.53. The van der Waals surface area contributed by atoms with Gasteiger partial charge in [0.05, 0.1) is 18.6 Å². The maximum atomic E-state index is 12.8. The summed E-state index contributed by atoms with van der Waals surface area (Å²) in [5, 5.41) is 15.6. The first-order valence-corrected chi connectivity index (χ1v) is 15.6. The van der Waals surface area contributed by atoms with Gasteiger partial charge in [-0.25, -0.2) is 4.98 Å². The Labute approximate surface area is 245 Å². The summed E-state index contributed by atoms with van der Waals surface area (Å²) < 4.78 is 7.71. The van der Waals surface area contributed by atoms with Gasteiger partial charge in [0.15, 0.2) is 5.16 Å². The first kappa shape index (κ1) is 29.8. The number of thioether (sulfide) groups is 1. The third-order valence-corrected chi connectivity index (χ3v) is 8.70. The number of hydrogen-bond acceptors (Lipinski definition) is 8. The molecule has 1 atom stereocenters. The monoisotopic (exact) mass is 578 g/mol. The first-order valence-electron chi connectivity index (χ1n) is 13.7. The second kappa shape index (κ2) is 15.0. The molecule has 0 saturated heterocycles. The highest BCUT2D eigenvalue weighted by Gasteiger charge is 2.19. The molecule has 0 aliphatic heterocycles. The van der Waals surface area contributed by atoms with Crippen molar-refractivity contribution in [2.45, 2.75) is 57.0 Å². The molecule has 8 nitrogen and oxygen atoms in total. The molecular formula is C30H38N6O2S2. The van der Waals surface area contributed by atoms with Gasteiger partial charge in [-0.15, -0.1) is 21.5 Å². The van der Waals surface area contributed by atoms with Crippen molar-refractivity contribution in [1.82, 2.24) is 30.0 Å². The van der Waals surface area contributed by atoms with Crippen LogP contribution in [-0.4, -0.2) is 63.3 Å². The Bertz CT molecular complexity index is 1350. The van der Waals surface area contributed by atoms with Gasteiger partial charge in [0, 0.05) is 17.8 Å². The van der Waals surface area contributed by atoms with E-state index in [4.69, 9.17) is 4.74 Å². The SMILES string of the molecule is CCN(CC)CCCC(C)NC(=O)c1csc(CSc2nnc(Cc3ccccc3)n2-c2ccccc2OC)n1. The standard InChI is InChI=1S/C30H38N6O2S2/c1-5-35(6-2)18-12-13-22(3)31-29(37)24-20-39-28(32-24)21-40-30-34-33-27(19-23-14-8-7-9-15-23)36(30)25-16-10-11-17-26(25)38-4/h7-11,14-17,20,22H,5-6,12-13,18-19,21H2,1-4H3,(H,31,37). The summed E-state index contributed by atoms with van der Waals surface area (Å²) in [5.74, 6) is 2.03. The third-order valence-electron chi connectivity index (χ3n) is 6.72. The summed E-state index contributed by atoms with van der Waals surface area (Å²) in [6.07, 6.45) is 2.64. The van der Waals surface area contributed by atoms with Crippen molar-refractivity contribution in [3.05, 3.63) is 82.1 Å². The van der Waals surface area contributed by atoms with Gasteiger partial charge in [-0.2, -0.15) is 0 Å². The molecule has 0 radical (unpaired) electrons. The van der Waals surface area contributed by atoms with Gasteiger partial charge in [0.1, 0.15) is 22.3 Å². The number of nitrogens with one attached hydrogen (secondary N) is 1. The second-order valence-corrected chi connectivity index (χ2v) is 11.4. The molecule has 0 fully saturated rings. The van der Waals surface area contributed by atoms with Crippen LogP contribution in [0.2, 0.25) is 0 Å². The van der Waals surface area contributed by atoms with E-state index in [0.29, 0.717) is 17.9 Å². The first-order chi connectivity index (χ1) is 19.5. The van der Waals surface area contributed by atoms with Crippen LogP contribution in [0.3, 0.4) is 0 Å². The van der Waals surface area contributed by atoms with Crippen LogP contribution in [0.15, 0.2) is 65.1 Å². The molecular weight excluding hydrogens is 541 g/mol. The molecule has 4 rings (SSSR count). The van der Waals surface area contributed by atoms with E-state index in [2.05, 4.69) is 62.9 Å². The lowest BCUT2D eigenvalue weighted by Crippen LogP contribution is -2.33. The smallest absolute Gasteiger partial charge is 0.270 e. The zero-order chi connectivity index (χ0) is 28.3. The molecule has 1 unspecified atom stereocenters. The van der Waals surface area contributed by atoms with Gasteiger partial charge in [-0.05, 0) is 57.1 Å². The van der Waals surface area contributed by atoms with Crippen LogP contribution in [0.5, 0.6) is 5.75 Å². The molecule has 1 amide bonds. The van der Waals surface area contributed by atoms with Crippen LogP contribution in [0.4, 0.5) is 0 Å². The van der Waals surface area contributed by atoms with Gasteiger partial charge >= 0.3 is 0 Å². The Hall–Kier alpha value is -3.21. The minimum absolute atomic E-state index is 0.102. The molecule has 0 aliphatic rings. The molecule has 2 aromatic carbocycles. The summed E-state index contributed by atoms with van der Waals surface area (Å²) in [7, 11) is 1.67. The lowest BCUT2D eigenvalue weighted by Gasteiger charge is -2.19. The van der Waals surface area contributed by atoms with Crippen LogP contribution >= 0.6 is 23.1 Å². The number of benzene rings is 2. The predicted molar refractivity (Wildman–Crippen MR) is 163 cm³/mol. The number of carbonyl (C=O) groups is 1. The highest BCUT2D eigenvalue weighted by molar-refractivity contribution is 7.98. The summed E-state index contributed by atoms with van der Waals surface area (Å²) in [6, 6.07) is 18.2. The van der Waals surface area contributed by atoms with Crippen molar-refractivity contribution < 1.29 is 9.53 Å². The van der Waals surface area contributed by atoms with Gasteiger partial charge < -0.3 is 15.0 Å². The third kappa shape index (κ3) is 7.93. The van der Waals surface area contributed by atoms with Crippen LogP contribution < -0.4 is 10.1 Å². The molecule has 40 heavy (non-hydrogen) atoms. The molecule has 0 spiro atoms. The molecule has 2 heterocycles. The number of nitrogens with zero attached hydrogens (tertiary/aromatic N) is 5. The van der Waals surface area contributed by atoms with Crippen molar-refractivity contribution in [2.75, 3.05) is 26.7 Å². The quantitative estimate of drug-likeness (QED) is 0.177. The van der Waals surface area contributed by atoms with Crippen molar-refractivity contribution >= 4 is 29.0 Å². The number of hydrogen-bond donors (Lipinski definition) is 1. The summed E-state index contributed by atoms with van der Waals surface area (Å²) in [5.41, 5.74) is 2.50. The van der Waals surface area contributed by atoms with E-state index in [1.807, 2.05) is 47.8 Å². The van der Waals surface area contributed by atoms with Crippen LogP contribution in [0, 0.1) is 0 Å². The van der Waals surface area contributed by atoms with Gasteiger partial charge in [-0.1, -0.05) is 68.1 Å². The van der Waals surface area contributed by atoms with E-state index < -0.39 is 0 Å². The van der Waals surface area contributed by atoms with E-state index in [-0.39, 0.29) is 11.9 Å². The maximum absolute atomic E-state index is 12.8. The van der Waals surface area contributed by atoms with Crippen molar-refractivity contribution in [2.24, 2.45) is 0 Å². The fourth-order valence-corrected chi connectivity index (χ4v) is 6.24. The van der Waals surface area contributed by atoms with Crippen molar-refractivity contribution in [1.29, 1.82) is 0 Å². The molecule has 10 heteroatoms. The Balaban J connectivity index is 1.42. The molecule has 0 bridgehead atoms. The molecule has 2 aromatic heterocycles. The summed E-state index contributed by atoms with van der Waals surface area (Å²) in [6.45, 7) is 9.58. The lowest BCUT2D eigenvalue weighted by molar-refractivity contribution is 0.0932. The number of carbonyl (C=O) groups excluding carboxylic acids is 1. The fourth-order valence-electron chi connectivity index (χ4n) is 4.48. The predicted octanol–water partition coefficient (Wildman–Crippen LogP) is 5.86. The van der Waals surface area contributed by atoms with E-state index >= 15 is 0 Å². The number of para-hydroxylation sites is 2. The summed E-state index contributed by atoms with van der Waals surface area (Å²) >= 11 is 3.04. The molecule has 0 aliphatic carbocycles. The Morgan fingerprint density at radius 2 is 1.85 bits per heavy atom. The molecule has 4 aromatic rings. The lowest BCUT2D eigenvalue weighted by atomic mass is 10.1. The number of aromatic nitrogens is 4.